The predicted molar refractivity (Wildman–Crippen MR) is 91.9 cm³/mol. The van der Waals surface area contributed by atoms with Crippen LogP contribution in [0.4, 0.5) is 11.4 Å². The molecule has 0 fully saturated rings. The molecule has 2 aromatic rings. The van der Waals surface area contributed by atoms with E-state index in [1.54, 1.807) is 0 Å². The Morgan fingerprint density at radius 3 is 2.45 bits per heavy atom. The Balaban J connectivity index is 2.09. The topological polar surface area (TPSA) is 24.1 Å². The van der Waals surface area contributed by atoms with Crippen molar-refractivity contribution in [1.29, 1.82) is 0 Å². The van der Waals surface area contributed by atoms with Crippen molar-refractivity contribution in [3.8, 4) is 0 Å². The number of rotatable bonds is 2. The van der Waals surface area contributed by atoms with Gasteiger partial charge in [-0.05, 0) is 67.9 Å². The molecule has 104 valence electrons. The van der Waals surface area contributed by atoms with E-state index in [1.165, 1.54) is 11.1 Å². The first kappa shape index (κ1) is 14.8. The Morgan fingerprint density at radius 2 is 1.75 bits per heavy atom. The molecule has 0 aromatic heterocycles. The second-order valence-electron chi connectivity index (χ2n) is 4.79. The lowest BCUT2D eigenvalue weighted by atomic mass is 10.1. The number of nitrogens with one attached hydrogen (secondary N) is 2. The van der Waals surface area contributed by atoms with Crippen molar-refractivity contribution < 1.29 is 0 Å². The first-order valence-electron chi connectivity index (χ1n) is 6.38. The van der Waals surface area contributed by atoms with Crippen LogP contribution >= 0.6 is 23.8 Å². The number of hydrogen-bond donors (Lipinski definition) is 2. The van der Waals surface area contributed by atoms with Crippen LogP contribution in [0.25, 0.3) is 0 Å². The lowest BCUT2D eigenvalue weighted by molar-refractivity contribution is 1.34. The van der Waals surface area contributed by atoms with Gasteiger partial charge in [0.25, 0.3) is 0 Å². The Morgan fingerprint density at radius 1 is 1.00 bits per heavy atom. The Labute approximate surface area is 130 Å². The zero-order chi connectivity index (χ0) is 14.7. The van der Waals surface area contributed by atoms with Crippen molar-refractivity contribution in [1.82, 2.24) is 0 Å². The molecule has 0 spiro atoms. The summed E-state index contributed by atoms with van der Waals surface area (Å²) in [5.41, 5.74) is 5.37. The molecule has 0 radical (unpaired) electrons. The van der Waals surface area contributed by atoms with E-state index < -0.39 is 0 Å². The van der Waals surface area contributed by atoms with E-state index in [0.717, 1.165) is 22.0 Å². The zero-order valence-electron chi connectivity index (χ0n) is 11.8. The molecule has 0 aliphatic carbocycles. The minimum absolute atomic E-state index is 0.554. The largest absolute Gasteiger partial charge is 0.332 e. The predicted octanol–water partition coefficient (Wildman–Crippen LogP) is 5.07. The minimum Gasteiger partial charge on any atom is -0.332 e. The SMILES string of the molecule is Cc1ccc(NC(=S)Nc2cccc(C)c2C)cc1Cl. The van der Waals surface area contributed by atoms with Gasteiger partial charge in [0.05, 0.1) is 0 Å². The molecule has 0 amide bonds. The molecule has 0 saturated heterocycles. The van der Waals surface area contributed by atoms with Crippen LogP contribution in [0.3, 0.4) is 0 Å². The normalized spacial score (nSPS) is 10.2. The summed E-state index contributed by atoms with van der Waals surface area (Å²) in [5.74, 6) is 0. The fourth-order valence-electron chi connectivity index (χ4n) is 1.84. The van der Waals surface area contributed by atoms with E-state index in [1.807, 2.05) is 37.3 Å². The van der Waals surface area contributed by atoms with Crippen LogP contribution in [-0.2, 0) is 0 Å². The summed E-state index contributed by atoms with van der Waals surface area (Å²) < 4.78 is 0. The lowest BCUT2D eigenvalue weighted by Gasteiger charge is -2.14. The molecule has 0 saturated carbocycles. The van der Waals surface area contributed by atoms with Crippen LogP contribution in [0.15, 0.2) is 36.4 Å². The Hall–Kier alpha value is -1.58. The molecular weight excluding hydrogens is 288 g/mol. The van der Waals surface area contributed by atoms with Crippen LogP contribution in [0, 0.1) is 20.8 Å². The summed E-state index contributed by atoms with van der Waals surface area (Å²) in [5, 5.41) is 7.63. The summed E-state index contributed by atoms with van der Waals surface area (Å²) in [6.07, 6.45) is 0. The average Bonchev–Trinajstić information content (AvgIpc) is 2.39. The third-order valence-electron chi connectivity index (χ3n) is 3.28. The number of thiocarbonyl (C=S) groups is 1. The summed E-state index contributed by atoms with van der Waals surface area (Å²) in [6.45, 7) is 6.12. The van der Waals surface area contributed by atoms with E-state index in [2.05, 4.69) is 30.5 Å². The van der Waals surface area contributed by atoms with Crippen LogP contribution in [-0.4, -0.2) is 5.11 Å². The van der Waals surface area contributed by atoms with Gasteiger partial charge in [-0.2, -0.15) is 0 Å². The van der Waals surface area contributed by atoms with Crippen LogP contribution < -0.4 is 10.6 Å². The quantitative estimate of drug-likeness (QED) is 0.757. The number of anilines is 2. The fourth-order valence-corrected chi connectivity index (χ4v) is 2.25. The van der Waals surface area contributed by atoms with Gasteiger partial charge in [0.15, 0.2) is 5.11 Å². The lowest BCUT2D eigenvalue weighted by Crippen LogP contribution is -2.19. The smallest absolute Gasteiger partial charge is 0.175 e. The molecule has 0 aliphatic heterocycles. The molecule has 2 N–H and O–H groups in total. The molecular formula is C16H17ClN2S. The van der Waals surface area contributed by atoms with Crippen molar-refractivity contribution in [3.63, 3.8) is 0 Å². The van der Waals surface area contributed by atoms with Crippen molar-refractivity contribution in [2.24, 2.45) is 0 Å². The average molecular weight is 305 g/mol. The monoisotopic (exact) mass is 304 g/mol. The summed E-state index contributed by atoms with van der Waals surface area (Å²) in [4.78, 5) is 0. The maximum atomic E-state index is 6.10. The van der Waals surface area contributed by atoms with Gasteiger partial charge in [0.2, 0.25) is 0 Å². The van der Waals surface area contributed by atoms with E-state index in [9.17, 15) is 0 Å². The van der Waals surface area contributed by atoms with Crippen LogP contribution in [0.5, 0.6) is 0 Å². The summed E-state index contributed by atoms with van der Waals surface area (Å²) >= 11 is 11.4. The van der Waals surface area contributed by atoms with E-state index in [4.69, 9.17) is 23.8 Å². The van der Waals surface area contributed by atoms with E-state index in [-0.39, 0.29) is 0 Å². The zero-order valence-corrected chi connectivity index (χ0v) is 13.3. The minimum atomic E-state index is 0.554. The van der Waals surface area contributed by atoms with Crippen molar-refractivity contribution in [2.75, 3.05) is 10.6 Å². The number of halogens is 1. The third kappa shape index (κ3) is 3.50. The van der Waals surface area contributed by atoms with Gasteiger partial charge in [-0.1, -0.05) is 29.8 Å². The highest BCUT2D eigenvalue weighted by molar-refractivity contribution is 7.80. The highest BCUT2D eigenvalue weighted by atomic mass is 35.5. The van der Waals surface area contributed by atoms with Gasteiger partial charge >= 0.3 is 0 Å². The second-order valence-corrected chi connectivity index (χ2v) is 5.61. The molecule has 0 unspecified atom stereocenters. The number of hydrogen-bond acceptors (Lipinski definition) is 1. The molecule has 0 aliphatic rings. The summed E-state index contributed by atoms with van der Waals surface area (Å²) in [7, 11) is 0. The number of aryl methyl sites for hydroxylation is 2. The molecule has 0 atom stereocenters. The van der Waals surface area contributed by atoms with Crippen molar-refractivity contribution in [2.45, 2.75) is 20.8 Å². The molecule has 2 rings (SSSR count). The second kappa shape index (κ2) is 6.25. The fraction of sp³-hybridized carbons (Fsp3) is 0.188. The first-order valence-corrected chi connectivity index (χ1v) is 7.16. The standard InChI is InChI=1S/C16H17ClN2S/c1-10-5-4-6-15(12(10)3)19-16(20)18-13-8-7-11(2)14(17)9-13/h4-9H,1-3H3,(H2,18,19,20). The van der Waals surface area contributed by atoms with Crippen LogP contribution in [0.1, 0.15) is 16.7 Å². The van der Waals surface area contributed by atoms with Crippen molar-refractivity contribution in [3.05, 3.63) is 58.1 Å². The maximum absolute atomic E-state index is 6.10. The maximum Gasteiger partial charge on any atom is 0.175 e. The molecule has 20 heavy (non-hydrogen) atoms. The first-order chi connectivity index (χ1) is 9.47. The van der Waals surface area contributed by atoms with Crippen molar-refractivity contribution >= 4 is 40.3 Å². The van der Waals surface area contributed by atoms with Gasteiger partial charge in [0, 0.05) is 16.4 Å². The van der Waals surface area contributed by atoms with Gasteiger partial charge in [-0.15, -0.1) is 0 Å². The van der Waals surface area contributed by atoms with Crippen LogP contribution in [0.2, 0.25) is 5.02 Å². The van der Waals surface area contributed by atoms with E-state index in [0.29, 0.717) is 5.11 Å². The highest BCUT2D eigenvalue weighted by Gasteiger charge is 2.04. The third-order valence-corrected chi connectivity index (χ3v) is 3.89. The number of benzene rings is 2. The molecule has 0 heterocycles. The molecule has 2 aromatic carbocycles. The van der Waals surface area contributed by atoms with Gasteiger partial charge in [-0.3, -0.25) is 0 Å². The van der Waals surface area contributed by atoms with Gasteiger partial charge < -0.3 is 10.6 Å². The van der Waals surface area contributed by atoms with Gasteiger partial charge in [-0.25, -0.2) is 0 Å². The molecule has 0 bridgehead atoms. The molecule has 4 heteroatoms. The van der Waals surface area contributed by atoms with Gasteiger partial charge in [0.1, 0.15) is 0 Å². The molecule has 2 nitrogen and oxygen atoms in total. The Kier molecular flexibility index (Phi) is 4.63. The summed E-state index contributed by atoms with van der Waals surface area (Å²) in [6, 6.07) is 11.9. The van der Waals surface area contributed by atoms with E-state index >= 15 is 0 Å². The Bertz CT molecular complexity index is 653. The highest BCUT2D eigenvalue weighted by Crippen LogP contribution is 2.21.